The highest BCUT2D eigenvalue weighted by molar-refractivity contribution is 5.75. The van der Waals surface area contributed by atoms with Crippen molar-refractivity contribution in [3.05, 3.63) is 6.33 Å². The fourth-order valence-corrected chi connectivity index (χ4v) is 2.11. The van der Waals surface area contributed by atoms with Crippen LogP contribution in [-0.4, -0.2) is 43.4 Å². The molecule has 2 unspecified atom stereocenters. The first-order valence-corrected chi connectivity index (χ1v) is 5.94. The predicted octanol–water partition coefficient (Wildman–Crippen LogP) is -0.517. The average Bonchev–Trinajstić information content (AvgIpc) is 2.71. The summed E-state index contributed by atoms with van der Waals surface area (Å²) in [5.74, 6) is -0.164. The maximum Gasteiger partial charge on any atom is 0.242 e. The fourth-order valence-electron chi connectivity index (χ4n) is 2.11. The Morgan fingerprint density at radius 3 is 3.00 bits per heavy atom. The van der Waals surface area contributed by atoms with Gasteiger partial charge >= 0.3 is 0 Å². The van der Waals surface area contributed by atoms with E-state index in [1.807, 2.05) is 0 Å². The Kier molecular flexibility index (Phi) is 4.03. The standard InChI is InChI=1S/C10H17N5O2/c16-9-5-3-1-2-4-8(9)12-10(17)6-15-7-11-13-14-15/h7-9,16H,1-6H2,(H,12,17). The molecule has 7 heteroatoms. The fraction of sp³-hybridized carbons (Fsp3) is 0.800. The highest BCUT2D eigenvalue weighted by atomic mass is 16.3. The molecular weight excluding hydrogens is 222 g/mol. The summed E-state index contributed by atoms with van der Waals surface area (Å²) in [6, 6.07) is -0.138. The number of nitrogens with one attached hydrogen (secondary N) is 1. The number of carbonyl (C=O) groups is 1. The van der Waals surface area contributed by atoms with Crippen molar-refractivity contribution in [2.24, 2.45) is 0 Å². The molecular formula is C10H17N5O2. The normalized spacial score (nSPS) is 25.2. The average molecular weight is 239 g/mol. The molecule has 1 aliphatic carbocycles. The van der Waals surface area contributed by atoms with Crippen molar-refractivity contribution < 1.29 is 9.90 Å². The van der Waals surface area contributed by atoms with Crippen LogP contribution in [0.1, 0.15) is 32.1 Å². The summed E-state index contributed by atoms with van der Waals surface area (Å²) in [5, 5.41) is 23.2. The molecule has 1 amide bonds. The first-order chi connectivity index (χ1) is 8.25. The number of nitrogens with zero attached hydrogens (tertiary/aromatic N) is 4. The van der Waals surface area contributed by atoms with Gasteiger partial charge in [-0.05, 0) is 23.3 Å². The number of rotatable bonds is 3. The van der Waals surface area contributed by atoms with Crippen LogP contribution >= 0.6 is 0 Å². The Balaban J connectivity index is 1.84. The van der Waals surface area contributed by atoms with E-state index >= 15 is 0 Å². The maximum absolute atomic E-state index is 11.7. The third-order valence-corrected chi connectivity index (χ3v) is 3.02. The van der Waals surface area contributed by atoms with Crippen LogP contribution < -0.4 is 5.32 Å². The van der Waals surface area contributed by atoms with Crippen molar-refractivity contribution in [1.29, 1.82) is 0 Å². The number of aromatic nitrogens is 4. The van der Waals surface area contributed by atoms with Crippen molar-refractivity contribution >= 4 is 5.91 Å². The molecule has 2 atom stereocenters. The van der Waals surface area contributed by atoms with E-state index in [9.17, 15) is 9.90 Å². The molecule has 1 heterocycles. The monoisotopic (exact) mass is 239 g/mol. The zero-order valence-corrected chi connectivity index (χ0v) is 9.62. The van der Waals surface area contributed by atoms with E-state index in [4.69, 9.17) is 0 Å². The second-order valence-electron chi connectivity index (χ2n) is 4.39. The van der Waals surface area contributed by atoms with Gasteiger partial charge in [-0.1, -0.05) is 19.3 Å². The van der Waals surface area contributed by atoms with Crippen LogP contribution in [0.4, 0.5) is 0 Å². The molecule has 94 valence electrons. The minimum Gasteiger partial charge on any atom is -0.391 e. The molecule has 0 spiro atoms. The number of tetrazole rings is 1. The van der Waals surface area contributed by atoms with Gasteiger partial charge in [0.25, 0.3) is 0 Å². The Labute approximate surface area is 99.2 Å². The van der Waals surface area contributed by atoms with Crippen LogP contribution in [0.25, 0.3) is 0 Å². The first kappa shape index (κ1) is 12.0. The smallest absolute Gasteiger partial charge is 0.242 e. The summed E-state index contributed by atoms with van der Waals surface area (Å²) in [4.78, 5) is 11.7. The summed E-state index contributed by atoms with van der Waals surface area (Å²) in [6.07, 6.45) is 5.75. The minimum absolute atomic E-state index is 0.0935. The lowest BCUT2D eigenvalue weighted by molar-refractivity contribution is -0.123. The number of carbonyl (C=O) groups excluding carboxylic acids is 1. The molecule has 1 aromatic heterocycles. The van der Waals surface area contributed by atoms with Crippen LogP contribution in [0.3, 0.4) is 0 Å². The molecule has 1 saturated carbocycles. The van der Waals surface area contributed by atoms with Crippen molar-refractivity contribution in [2.75, 3.05) is 0 Å². The van der Waals surface area contributed by atoms with Crippen molar-refractivity contribution in [3.63, 3.8) is 0 Å². The van der Waals surface area contributed by atoms with Gasteiger partial charge < -0.3 is 10.4 Å². The summed E-state index contributed by atoms with van der Waals surface area (Å²) in [5.41, 5.74) is 0. The molecule has 2 rings (SSSR count). The van der Waals surface area contributed by atoms with E-state index in [-0.39, 0.29) is 18.5 Å². The van der Waals surface area contributed by atoms with Gasteiger partial charge in [-0.15, -0.1) is 5.10 Å². The number of hydrogen-bond donors (Lipinski definition) is 2. The summed E-state index contributed by atoms with van der Waals surface area (Å²) >= 11 is 0. The number of aliphatic hydroxyl groups excluding tert-OH is 1. The molecule has 1 aliphatic rings. The van der Waals surface area contributed by atoms with Crippen molar-refractivity contribution in [2.45, 2.75) is 50.8 Å². The van der Waals surface area contributed by atoms with E-state index in [1.54, 1.807) is 0 Å². The van der Waals surface area contributed by atoms with Crippen LogP contribution in [-0.2, 0) is 11.3 Å². The maximum atomic E-state index is 11.7. The van der Waals surface area contributed by atoms with Crippen molar-refractivity contribution in [3.8, 4) is 0 Å². The molecule has 0 bridgehead atoms. The highest BCUT2D eigenvalue weighted by Gasteiger charge is 2.23. The second-order valence-corrected chi connectivity index (χ2v) is 4.39. The van der Waals surface area contributed by atoms with Crippen LogP contribution in [0, 0.1) is 0 Å². The number of amides is 1. The van der Waals surface area contributed by atoms with Crippen LogP contribution in [0.2, 0.25) is 0 Å². The molecule has 0 aliphatic heterocycles. The van der Waals surface area contributed by atoms with E-state index < -0.39 is 6.10 Å². The molecule has 2 N–H and O–H groups in total. The molecule has 7 nitrogen and oxygen atoms in total. The predicted molar refractivity (Wildman–Crippen MR) is 58.8 cm³/mol. The topological polar surface area (TPSA) is 92.9 Å². The summed E-state index contributed by atoms with van der Waals surface area (Å²) in [7, 11) is 0. The SMILES string of the molecule is O=C(Cn1cnnn1)NC1CCCCCC1O. The minimum atomic E-state index is -0.435. The largest absolute Gasteiger partial charge is 0.391 e. The Hall–Kier alpha value is -1.50. The third-order valence-electron chi connectivity index (χ3n) is 3.02. The Bertz CT molecular complexity index is 354. The highest BCUT2D eigenvalue weighted by Crippen LogP contribution is 2.17. The molecule has 1 fully saturated rings. The van der Waals surface area contributed by atoms with Gasteiger partial charge in [0.05, 0.1) is 12.1 Å². The van der Waals surface area contributed by atoms with Gasteiger partial charge in [-0.2, -0.15) is 0 Å². The zero-order valence-electron chi connectivity index (χ0n) is 9.62. The lowest BCUT2D eigenvalue weighted by Crippen LogP contribution is -2.44. The van der Waals surface area contributed by atoms with Gasteiger partial charge in [-0.25, -0.2) is 4.68 Å². The summed E-state index contributed by atoms with van der Waals surface area (Å²) < 4.78 is 1.36. The quantitative estimate of drug-likeness (QED) is 0.692. The lowest BCUT2D eigenvalue weighted by Gasteiger charge is -2.21. The Morgan fingerprint density at radius 2 is 2.24 bits per heavy atom. The van der Waals surface area contributed by atoms with Crippen LogP contribution in [0.5, 0.6) is 0 Å². The first-order valence-electron chi connectivity index (χ1n) is 5.94. The van der Waals surface area contributed by atoms with E-state index in [0.717, 1.165) is 32.1 Å². The Morgan fingerprint density at radius 1 is 1.41 bits per heavy atom. The van der Waals surface area contributed by atoms with Gasteiger partial charge in [0.2, 0.25) is 5.91 Å². The van der Waals surface area contributed by atoms with E-state index in [0.29, 0.717) is 0 Å². The van der Waals surface area contributed by atoms with Crippen molar-refractivity contribution in [1.82, 2.24) is 25.5 Å². The molecule has 17 heavy (non-hydrogen) atoms. The van der Waals surface area contributed by atoms with Gasteiger partial charge in [0, 0.05) is 0 Å². The number of aliphatic hydroxyl groups is 1. The molecule has 0 aromatic carbocycles. The lowest BCUT2D eigenvalue weighted by atomic mass is 10.1. The molecule has 0 radical (unpaired) electrons. The molecule has 0 saturated heterocycles. The number of hydrogen-bond acceptors (Lipinski definition) is 5. The van der Waals surface area contributed by atoms with E-state index in [2.05, 4.69) is 20.8 Å². The second kappa shape index (κ2) is 5.72. The van der Waals surface area contributed by atoms with Gasteiger partial charge in [-0.3, -0.25) is 4.79 Å². The molecule has 1 aromatic rings. The van der Waals surface area contributed by atoms with Gasteiger partial charge in [0.15, 0.2) is 0 Å². The van der Waals surface area contributed by atoms with E-state index in [1.165, 1.54) is 11.0 Å². The van der Waals surface area contributed by atoms with Crippen LogP contribution in [0.15, 0.2) is 6.33 Å². The zero-order chi connectivity index (χ0) is 12.1. The van der Waals surface area contributed by atoms with Gasteiger partial charge in [0.1, 0.15) is 12.9 Å². The summed E-state index contributed by atoms with van der Waals surface area (Å²) in [6.45, 7) is 0.0935. The third kappa shape index (κ3) is 3.48.